The van der Waals surface area contributed by atoms with E-state index in [1.807, 2.05) is 39.2 Å². The number of allylic oxidation sites excluding steroid dienone is 4. The van der Waals surface area contributed by atoms with Gasteiger partial charge in [0.05, 0.1) is 12.1 Å². The molecular weight excluding hydrogens is 540 g/mol. The lowest BCUT2D eigenvalue weighted by molar-refractivity contribution is -0.139. The summed E-state index contributed by atoms with van der Waals surface area (Å²) in [7, 11) is 0. The molecule has 4 N–H and O–H groups in total. The number of Topliss-reactive ketones (excluding diaryl/α,β-unsaturated/α-hetero) is 2. The summed E-state index contributed by atoms with van der Waals surface area (Å²) in [6, 6.07) is -2.82. The van der Waals surface area contributed by atoms with Crippen molar-refractivity contribution >= 4 is 41.6 Å². The Labute approximate surface area is 248 Å². The molecule has 226 valence electrons. The van der Waals surface area contributed by atoms with Gasteiger partial charge in [-0.05, 0) is 68.1 Å². The Balaban J connectivity index is 1.75. The van der Waals surface area contributed by atoms with Gasteiger partial charge in [0.1, 0.15) is 12.1 Å². The lowest BCUT2D eigenvalue weighted by atomic mass is 9.74. The predicted molar refractivity (Wildman–Crippen MR) is 162 cm³/mol. The second-order valence-corrected chi connectivity index (χ2v) is 12.7. The van der Waals surface area contributed by atoms with Gasteiger partial charge < -0.3 is 21.3 Å². The Morgan fingerprint density at radius 2 is 1.93 bits per heavy atom. The minimum atomic E-state index is -0.747. The Morgan fingerprint density at radius 3 is 2.59 bits per heavy atom. The highest BCUT2D eigenvalue weighted by Crippen LogP contribution is 2.41. The maximum absolute atomic E-state index is 14.0. The fourth-order valence-electron chi connectivity index (χ4n) is 6.23. The standard InChI is InChI=1S/C31H46N4O5S/c1-18(2)28(37)23(32)12-7-6-11-22-27-19(3)9-8-10-21(27)16-26(29(22)38)35-20(4)15-25(31(35)40)34-30(39)24(33-17-36)13-14-41-5/h8-10,17-20,23-26H,6-7,11-16,32H2,1-5H3,(H,33,36)(H,34,39). The summed E-state index contributed by atoms with van der Waals surface area (Å²) in [5.41, 5.74) is 8.98. The topological polar surface area (TPSA) is 139 Å². The van der Waals surface area contributed by atoms with E-state index in [-0.39, 0.29) is 41.3 Å². The number of hydrogen-bond acceptors (Lipinski definition) is 7. The molecule has 3 rings (SSSR count). The van der Waals surface area contributed by atoms with Crippen LogP contribution in [0.15, 0.2) is 34.9 Å². The van der Waals surface area contributed by atoms with Crippen molar-refractivity contribution in [1.82, 2.24) is 15.5 Å². The molecule has 3 amide bonds. The second kappa shape index (κ2) is 15.0. The third-order valence-electron chi connectivity index (χ3n) is 8.42. The van der Waals surface area contributed by atoms with Crippen LogP contribution in [0.25, 0.3) is 0 Å². The van der Waals surface area contributed by atoms with Crippen LogP contribution < -0.4 is 16.4 Å². The van der Waals surface area contributed by atoms with Gasteiger partial charge in [-0.15, -0.1) is 0 Å². The first-order valence-corrected chi connectivity index (χ1v) is 16.2. The first-order chi connectivity index (χ1) is 19.5. The summed E-state index contributed by atoms with van der Waals surface area (Å²) in [5, 5.41) is 5.38. The van der Waals surface area contributed by atoms with Crippen molar-refractivity contribution in [3.05, 3.63) is 34.9 Å². The molecule has 6 unspecified atom stereocenters. The van der Waals surface area contributed by atoms with Crippen molar-refractivity contribution in [2.75, 3.05) is 12.0 Å². The molecule has 1 aliphatic heterocycles. The van der Waals surface area contributed by atoms with Gasteiger partial charge in [-0.25, -0.2) is 0 Å². The van der Waals surface area contributed by atoms with Crippen LogP contribution in [0.4, 0.5) is 0 Å². The first-order valence-electron chi connectivity index (χ1n) is 14.8. The number of nitrogens with one attached hydrogen (secondary N) is 2. The van der Waals surface area contributed by atoms with Gasteiger partial charge in [0.15, 0.2) is 11.6 Å². The molecule has 0 bridgehead atoms. The van der Waals surface area contributed by atoms with Crippen LogP contribution in [-0.2, 0) is 24.0 Å². The average molecular weight is 587 g/mol. The van der Waals surface area contributed by atoms with Crippen molar-refractivity contribution in [1.29, 1.82) is 0 Å². The van der Waals surface area contributed by atoms with Gasteiger partial charge in [0.25, 0.3) is 0 Å². The Bertz CT molecular complexity index is 1110. The van der Waals surface area contributed by atoms with Crippen LogP contribution in [-0.4, -0.2) is 76.9 Å². The Hall–Kier alpha value is -2.72. The maximum atomic E-state index is 14.0. The van der Waals surface area contributed by atoms with Gasteiger partial charge >= 0.3 is 0 Å². The van der Waals surface area contributed by atoms with Gasteiger partial charge in [-0.1, -0.05) is 45.4 Å². The van der Waals surface area contributed by atoms with E-state index in [1.54, 1.807) is 16.7 Å². The van der Waals surface area contributed by atoms with E-state index >= 15 is 0 Å². The molecule has 0 aromatic rings. The van der Waals surface area contributed by atoms with Crippen LogP contribution >= 0.6 is 11.8 Å². The highest BCUT2D eigenvalue weighted by Gasteiger charge is 2.47. The number of hydrogen-bond donors (Lipinski definition) is 3. The molecule has 1 fully saturated rings. The summed E-state index contributed by atoms with van der Waals surface area (Å²) in [5.74, 6) is 0.0543. The molecule has 0 spiro atoms. The van der Waals surface area contributed by atoms with Crippen LogP contribution in [0.3, 0.4) is 0 Å². The molecule has 9 nitrogen and oxygen atoms in total. The number of amides is 3. The molecule has 10 heteroatoms. The van der Waals surface area contributed by atoms with Crippen molar-refractivity contribution < 1.29 is 24.0 Å². The fourth-order valence-corrected chi connectivity index (χ4v) is 6.70. The van der Waals surface area contributed by atoms with Gasteiger partial charge in [-0.3, -0.25) is 24.0 Å². The van der Waals surface area contributed by atoms with Gasteiger partial charge in [0.2, 0.25) is 18.2 Å². The number of likely N-dealkylation sites (tertiary alicyclic amines) is 1. The average Bonchev–Trinajstić information content (AvgIpc) is 3.21. The largest absolute Gasteiger partial charge is 0.347 e. The van der Waals surface area contributed by atoms with Crippen LogP contribution in [0.2, 0.25) is 0 Å². The van der Waals surface area contributed by atoms with E-state index in [0.29, 0.717) is 44.3 Å². The fraction of sp³-hybridized carbons (Fsp3) is 0.645. The van der Waals surface area contributed by atoms with Crippen LogP contribution in [0.5, 0.6) is 0 Å². The molecule has 0 radical (unpaired) electrons. The molecular formula is C31H46N4O5S. The zero-order valence-electron chi connectivity index (χ0n) is 25.0. The lowest BCUT2D eigenvalue weighted by Crippen LogP contribution is -2.53. The number of carbonyl (C=O) groups is 5. The van der Waals surface area contributed by atoms with Crippen molar-refractivity contribution in [3.63, 3.8) is 0 Å². The van der Waals surface area contributed by atoms with E-state index < -0.39 is 24.2 Å². The van der Waals surface area contributed by atoms with Crippen LogP contribution in [0.1, 0.15) is 72.6 Å². The highest BCUT2D eigenvalue weighted by molar-refractivity contribution is 7.98. The number of carbonyl (C=O) groups excluding carboxylic acids is 5. The quantitative estimate of drug-likeness (QED) is 0.198. The molecule has 2 aliphatic carbocycles. The minimum Gasteiger partial charge on any atom is -0.347 e. The van der Waals surface area contributed by atoms with E-state index in [9.17, 15) is 24.0 Å². The molecule has 1 heterocycles. The summed E-state index contributed by atoms with van der Waals surface area (Å²) in [6.45, 7) is 7.70. The SMILES string of the molecule is CSCCC(NC=O)C(=O)NC1CC(C)N(C2CC3=CC=CC(C)C3=C(CCCCC(N)C(=O)C(C)C)C2=O)C1=O. The Kier molecular flexibility index (Phi) is 12.0. The minimum absolute atomic E-state index is 0.0329. The molecule has 6 atom stereocenters. The highest BCUT2D eigenvalue weighted by atomic mass is 32.2. The zero-order chi connectivity index (χ0) is 30.3. The number of nitrogens with zero attached hydrogens (tertiary/aromatic N) is 1. The van der Waals surface area contributed by atoms with E-state index in [4.69, 9.17) is 5.73 Å². The summed E-state index contributed by atoms with van der Waals surface area (Å²) in [4.78, 5) is 65.5. The summed E-state index contributed by atoms with van der Waals surface area (Å²) >= 11 is 1.57. The zero-order valence-corrected chi connectivity index (χ0v) is 25.8. The molecule has 41 heavy (non-hydrogen) atoms. The van der Waals surface area contributed by atoms with Crippen molar-refractivity contribution in [2.24, 2.45) is 17.6 Å². The molecule has 0 saturated carbocycles. The van der Waals surface area contributed by atoms with E-state index in [1.165, 1.54) is 0 Å². The van der Waals surface area contributed by atoms with Crippen molar-refractivity contribution in [3.8, 4) is 0 Å². The third-order valence-corrected chi connectivity index (χ3v) is 9.06. The maximum Gasteiger partial charge on any atom is 0.246 e. The second-order valence-electron chi connectivity index (χ2n) is 11.8. The third kappa shape index (κ3) is 7.77. The number of rotatable bonds is 15. The van der Waals surface area contributed by atoms with Gasteiger partial charge in [0, 0.05) is 24.0 Å². The predicted octanol–water partition coefficient (Wildman–Crippen LogP) is 2.84. The summed E-state index contributed by atoms with van der Waals surface area (Å²) < 4.78 is 0. The molecule has 0 aromatic carbocycles. The number of fused-ring (bicyclic) bond motifs is 1. The van der Waals surface area contributed by atoms with Crippen molar-refractivity contribution in [2.45, 2.75) is 103 Å². The number of ketones is 2. The number of thioether (sulfide) groups is 1. The normalized spacial score (nSPS) is 25.6. The first kappa shape index (κ1) is 32.8. The lowest BCUT2D eigenvalue weighted by Gasteiger charge is -2.38. The van der Waals surface area contributed by atoms with E-state index in [0.717, 1.165) is 29.6 Å². The molecule has 3 aliphatic rings. The molecule has 0 aromatic heterocycles. The molecule has 1 saturated heterocycles. The number of nitrogens with two attached hydrogens (primary N) is 1. The number of unbranched alkanes of at least 4 members (excludes halogenated alkanes) is 1. The van der Waals surface area contributed by atoms with Crippen LogP contribution in [0, 0.1) is 11.8 Å². The Morgan fingerprint density at radius 1 is 1.20 bits per heavy atom. The summed E-state index contributed by atoms with van der Waals surface area (Å²) in [6.07, 6.45) is 12.5. The van der Waals surface area contributed by atoms with Gasteiger partial charge in [-0.2, -0.15) is 11.8 Å². The van der Waals surface area contributed by atoms with E-state index in [2.05, 4.69) is 23.6 Å². The smallest absolute Gasteiger partial charge is 0.246 e. The monoisotopic (exact) mass is 586 g/mol.